The molecule has 0 bridgehead atoms. The van der Waals surface area contributed by atoms with Gasteiger partial charge in [-0.15, -0.1) is 0 Å². The van der Waals surface area contributed by atoms with Gasteiger partial charge < -0.3 is 15.2 Å². The average molecular weight is 489 g/mol. The zero-order chi connectivity index (χ0) is 25.0. The van der Waals surface area contributed by atoms with Crippen LogP contribution in [0, 0.1) is 15.3 Å². The summed E-state index contributed by atoms with van der Waals surface area (Å²) in [7, 11) is 1.71. The fraction of sp³-hybridized carbons (Fsp3) is 0.520. The van der Waals surface area contributed by atoms with E-state index < -0.39 is 33.5 Å². The maximum Gasteiger partial charge on any atom is 0.269 e. The van der Waals surface area contributed by atoms with Crippen LogP contribution in [0.4, 0.5) is 11.4 Å². The number of hydrogen-bond acceptors (Lipinski definition) is 6. The molecule has 0 amide bonds. The molecule has 34 heavy (non-hydrogen) atoms. The van der Waals surface area contributed by atoms with Gasteiger partial charge in [-0.25, -0.2) is 4.21 Å². The van der Waals surface area contributed by atoms with Gasteiger partial charge in [0.15, 0.2) is 0 Å². The summed E-state index contributed by atoms with van der Waals surface area (Å²) in [6.45, 7) is 4.03. The van der Waals surface area contributed by atoms with E-state index in [1.807, 2.05) is 38.9 Å². The minimum absolute atomic E-state index is 0.0907. The number of hydroxylamine groups is 1. The van der Waals surface area contributed by atoms with Gasteiger partial charge >= 0.3 is 0 Å². The molecular weight excluding hydrogens is 454 g/mol. The van der Waals surface area contributed by atoms with E-state index >= 15 is 0 Å². The van der Waals surface area contributed by atoms with E-state index in [1.165, 1.54) is 12.1 Å². The van der Waals surface area contributed by atoms with Crippen LogP contribution in [0.2, 0.25) is 0 Å². The van der Waals surface area contributed by atoms with E-state index in [4.69, 9.17) is 0 Å². The van der Waals surface area contributed by atoms with Crippen molar-refractivity contribution in [3.63, 3.8) is 0 Å². The highest BCUT2D eigenvalue weighted by Gasteiger charge is 2.48. The van der Waals surface area contributed by atoms with Gasteiger partial charge in [0.05, 0.1) is 15.9 Å². The summed E-state index contributed by atoms with van der Waals surface area (Å²) < 4.78 is 14.3. The highest BCUT2D eigenvalue weighted by Crippen LogP contribution is 2.48. The Balaban J connectivity index is 2.32. The lowest BCUT2D eigenvalue weighted by Gasteiger charge is -2.50. The second kappa shape index (κ2) is 10.9. The number of nitrogens with zero attached hydrogens (tertiary/aromatic N) is 3. The average Bonchev–Trinajstić information content (AvgIpc) is 2.89. The van der Waals surface area contributed by atoms with Crippen LogP contribution in [0.1, 0.15) is 69.4 Å². The number of nitro benzene ring substituents is 1. The quantitative estimate of drug-likeness (QED) is 0.388. The minimum Gasteiger partial charge on any atom is -0.773 e. The normalized spacial score (nSPS) is 22.1. The first-order valence-corrected chi connectivity index (χ1v) is 12.9. The molecule has 0 spiro atoms. The topological polar surface area (TPSA) is 110 Å². The Morgan fingerprint density at radius 2 is 1.76 bits per heavy atom. The number of benzene rings is 2. The van der Waals surface area contributed by atoms with Gasteiger partial charge in [-0.2, -0.15) is 0 Å². The monoisotopic (exact) mass is 488 g/mol. The molecule has 3 atom stereocenters. The molecule has 0 saturated heterocycles. The van der Waals surface area contributed by atoms with Crippen molar-refractivity contribution in [2.24, 2.45) is 0 Å². The number of hydrogen-bond donors (Lipinski definition) is 1. The molecule has 2 aromatic carbocycles. The van der Waals surface area contributed by atoms with Gasteiger partial charge in [0.2, 0.25) is 0 Å². The van der Waals surface area contributed by atoms with Gasteiger partial charge in [-0.1, -0.05) is 51.7 Å². The number of anilines is 1. The number of fused-ring (bicyclic) bond motifs is 1. The Morgan fingerprint density at radius 1 is 1.12 bits per heavy atom. The van der Waals surface area contributed by atoms with Crippen LogP contribution in [0.25, 0.3) is 0 Å². The van der Waals surface area contributed by atoms with E-state index in [2.05, 4.69) is 0 Å². The predicted octanol–water partition coefficient (Wildman–Crippen LogP) is 5.11. The number of rotatable bonds is 9. The summed E-state index contributed by atoms with van der Waals surface area (Å²) >= 11 is 0. The highest BCUT2D eigenvalue weighted by atomic mass is 32.2. The molecule has 1 heterocycles. The number of unbranched alkanes of at least 4 members (excludes halogenated alkanes) is 2. The standard InChI is InChI=1S/C25H34N3O5S/c1-5-7-14-25(15-8-6-2)24(29)23(18-10-9-11-20(16-18)27(30)31)21-17-19(26(3)4)12-13-22(21)34(33)28(25)32/h9-13,16-17,23-24,29H,5-8,14-15H2,1-4H3/q-1/t23-,24+,34?/m1/s1. The molecule has 2 aromatic rings. The first kappa shape index (κ1) is 26.3. The molecule has 9 heteroatoms. The summed E-state index contributed by atoms with van der Waals surface area (Å²) in [5.74, 6) is -0.744. The van der Waals surface area contributed by atoms with E-state index in [9.17, 15) is 24.6 Å². The number of non-ortho nitro benzene ring substituents is 1. The minimum atomic E-state index is -2.04. The number of aliphatic hydroxyl groups is 1. The van der Waals surface area contributed by atoms with Crippen LogP contribution in [0.15, 0.2) is 47.4 Å². The van der Waals surface area contributed by atoms with Crippen molar-refractivity contribution in [3.05, 3.63) is 68.9 Å². The van der Waals surface area contributed by atoms with Gasteiger partial charge in [-0.05, 0) is 42.2 Å². The maximum absolute atomic E-state index is 13.8. The summed E-state index contributed by atoms with van der Waals surface area (Å²) in [5.41, 5.74) is 0.554. The van der Waals surface area contributed by atoms with Crippen LogP contribution in [-0.4, -0.2) is 44.4 Å². The molecule has 0 radical (unpaired) electrons. The van der Waals surface area contributed by atoms with Gasteiger partial charge in [0.25, 0.3) is 5.69 Å². The van der Waals surface area contributed by atoms with E-state index in [0.29, 0.717) is 46.2 Å². The molecule has 1 N–H and O–H groups in total. The second-order valence-electron chi connectivity index (χ2n) is 9.21. The second-order valence-corrected chi connectivity index (χ2v) is 10.5. The van der Waals surface area contributed by atoms with E-state index in [-0.39, 0.29) is 5.69 Å². The Kier molecular flexibility index (Phi) is 8.46. The molecule has 1 aliphatic rings. The van der Waals surface area contributed by atoms with Crippen molar-refractivity contribution in [1.82, 2.24) is 4.47 Å². The van der Waals surface area contributed by atoms with Crippen molar-refractivity contribution in [2.45, 2.75) is 74.8 Å². The van der Waals surface area contributed by atoms with Crippen molar-refractivity contribution in [1.29, 1.82) is 0 Å². The third kappa shape index (κ3) is 4.88. The third-order valence-corrected chi connectivity index (χ3v) is 8.19. The lowest BCUT2D eigenvalue weighted by molar-refractivity contribution is -0.384. The van der Waals surface area contributed by atoms with E-state index in [0.717, 1.165) is 18.5 Å². The third-order valence-electron chi connectivity index (χ3n) is 6.78. The summed E-state index contributed by atoms with van der Waals surface area (Å²) in [6.07, 6.45) is 2.60. The lowest BCUT2D eigenvalue weighted by atomic mass is 9.73. The van der Waals surface area contributed by atoms with Gasteiger partial charge in [0.1, 0.15) is 11.0 Å². The molecule has 0 saturated carbocycles. The highest BCUT2D eigenvalue weighted by molar-refractivity contribution is 7.82. The van der Waals surface area contributed by atoms with Crippen molar-refractivity contribution < 1.29 is 14.2 Å². The van der Waals surface area contributed by atoms with Gasteiger partial charge in [-0.3, -0.25) is 14.6 Å². The zero-order valence-electron chi connectivity index (χ0n) is 20.3. The maximum atomic E-state index is 13.8. The van der Waals surface area contributed by atoms with Crippen molar-refractivity contribution in [2.75, 3.05) is 19.0 Å². The predicted molar refractivity (Wildman–Crippen MR) is 135 cm³/mol. The fourth-order valence-electron chi connectivity index (χ4n) is 4.82. The smallest absolute Gasteiger partial charge is 0.269 e. The van der Waals surface area contributed by atoms with E-state index in [1.54, 1.807) is 24.3 Å². The largest absolute Gasteiger partial charge is 0.773 e. The number of nitro groups is 1. The molecule has 0 fully saturated rings. The summed E-state index contributed by atoms with van der Waals surface area (Å²) in [4.78, 5) is 13.3. The van der Waals surface area contributed by atoms with Crippen molar-refractivity contribution in [3.8, 4) is 0 Å². The molecule has 0 aliphatic carbocycles. The molecule has 8 nitrogen and oxygen atoms in total. The van der Waals surface area contributed by atoms with Crippen molar-refractivity contribution >= 4 is 22.4 Å². The SMILES string of the molecule is CCCCC1(CCCC)[C@@H](O)[C@H](c2cccc([N+](=O)[O-])c2)c2cc(N(C)C)ccc2S(=O)N1[O-]. The Morgan fingerprint density at radius 3 is 2.32 bits per heavy atom. The first-order chi connectivity index (χ1) is 16.2. The van der Waals surface area contributed by atoms with Crippen LogP contribution in [0.3, 0.4) is 0 Å². The Labute approximate surface area is 203 Å². The first-order valence-electron chi connectivity index (χ1n) is 11.8. The fourth-order valence-corrected chi connectivity index (χ4v) is 6.19. The van der Waals surface area contributed by atoms with Gasteiger partial charge in [0, 0.05) is 43.4 Å². The Bertz CT molecular complexity index is 1040. The molecule has 3 rings (SSSR count). The molecule has 1 aliphatic heterocycles. The summed E-state index contributed by atoms with van der Waals surface area (Å²) in [6, 6.07) is 11.5. The zero-order valence-corrected chi connectivity index (χ0v) is 21.1. The van der Waals surface area contributed by atoms with Crippen LogP contribution in [0.5, 0.6) is 0 Å². The lowest BCUT2D eigenvalue weighted by Crippen LogP contribution is -2.55. The molecule has 0 aromatic heterocycles. The van der Waals surface area contributed by atoms with Crippen LogP contribution in [-0.2, 0) is 11.0 Å². The number of aliphatic hydroxyl groups excluding tert-OH is 1. The summed E-state index contributed by atoms with van der Waals surface area (Å²) in [5, 5.41) is 37.3. The molecule has 1 unspecified atom stereocenters. The molecular formula is C25H34N3O5S-. The molecule has 186 valence electrons. The Hall–Kier alpha value is -2.33. The van der Waals surface area contributed by atoms with Crippen LogP contribution < -0.4 is 4.90 Å². The van der Waals surface area contributed by atoms with Crippen LogP contribution >= 0.6 is 0 Å².